The number of aryl methyl sites for hydroxylation is 2. The molecular weight excluding hydrogens is 406 g/mol. The molecule has 3 aromatic heterocycles. The second-order valence-corrected chi connectivity index (χ2v) is 6.96. The van der Waals surface area contributed by atoms with Crippen LogP contribution >= 0.6 is 0 Å². The number of H-pyrrole nitrogens is 1. The highest BCUT2D eigenvalue weighted by atomic mass is 16.6. The van der Waals surface area contributed by atoms with Crippen molar-refractivity contribution >= 4 is 16.9 Å². The van der Waals surface area contributed by atoms with E-state index in [4.69, 9.17) is 4.42 Å². The summed E-state index contributed by atoms with van der Waals surface area (Å²) in [5.74, 6) is 0.729. The summed E-state index contributed by atoms with van der Waals surface area (Å²) in [4.78, 5) is 43.8. The first kappa shape index (κ1) is 20.2. The molecule has 3 heterocycles. The molecule has 0 saturated heterocycles. The fourth-order valence-corrected chi connectivity index (χ4v) is 3.40. The molecule has 0 aliphatic carbocycles. The maximum Gasteiger partial charge on any atom is 0.332 e. The van der Waals surface area contributed by atoms with Gasteiger partial charge in [0.1, 0.15) is 11.3 Å². The van der Waals surface area contributed by atoms with E-state index >= 15 is 0 Å². The first-order chi connectivity index (χ1) is 15.0. The Morgan fingerprint density at radius 1 is 1.23 bits per heavy atom. The number of hydrogen-bond donors (Lipinski definition) is 1. The van der Waals surface area contributed by atoms with E-state index in [9.17, 15) is 19.7 Å². The minimum Gasteiger partial charge on any atom is -0.428 e. The second-order valence-electron chi connectivity index (χ2n) is 6.96. The first-order valence-electron chi connectivity index (χ1n) is 9.68. The van der Waals surface area contributed by atoms with E-state index in [0.29, 0.717) is 30.1 Å². The van der Waals surface area contributed by atoms with Gasteiger partial charge in [-0.1, -0.05) is 19.1 Å². The fraction of sp³-hybridized carbons (Fsp3) is 0.316. The number of fused-ring (bicyclic) bond motifs is 1. The van der Waals surface area contributed by atoms with E-state index in [0.717, 1.165) is 0 Å². The topological polar surface area (TPSA) is 155 Å². The summed E-state index contributed by atoms with van der Waals surface area (Å²) in [6.45, 7) is 2.34. The monoisotopic (exact) mass is 425 g/mol. The quantitative estimate of drug-likeness (QED) is 0.328. The molecule has 0 spiro atoms. The average Bonchev–Trinajstić information content (AvgIpc) is 3.42. The highest BCUT2D eigenvalue weighted by Gasteiger charge is 2.18. The van der Waals surface area contributed by atoms with Crippen LogP contribution < -0.4 is 11.2 Å². The lowest BCUT2D eigenvalue weighted by atomic mass is 10.1. The van der Waals surface area contributed by atoms with Crippen LogP contribution in [-0.2, 0) is 25.9 Å². The van der Waals surface area contributed by atoms with Crippen LogP contribution in [0.15, 0.2) is 44.7 Å². The van der Waals surface area contributed by atoms with Gasteiger partial charge in [-0.2, -0.15) is 0 Å². The van der Waals surface area contributed by atoms with Crippen LogP contribution in [0.1, 0.15) is 30.6 Å². The van der Waals surface area contributed by atoms with Gasteiger partial charge in [0.05, 0.1) is 11.3 Å². The van der Waals surface area contributed by atoms with Crippen molar-refractivity contribution in [3.05, 3.63) is 78.9 Å². The number of aromatic nitrogens is 6. The maximum absolute atomic E-state index is 13.0. The van der Waals surface area contributed by atoms with Crippen LogP contribution in [0.4, 0.5) is 5.69 Å². The van der Waals surface area contributed by atoms with Gasteiger partial charge in [0, 0.05) is 25.2 Å². The molecule has 0 aliphatic heterocycles. The van der Waals surface area contributed by atoms with Crippen molar-refractivity contribution in [3.63, 3.8) is 0 Å². The summed E-state index contributed by atoms with van der Waals surface area (Å²) in [5.41, 5.74) is 0.193. The van der Waals surface area contributed by atoms with Crippen LogP contribution in [-0.4, -0.2) is 34.2 Å². The number of nitro benzene ring substituents is 1. The number of aromatic amines is 1. The Morgan fingerprint density at radius 3 is 2.77 bits per heavy atom. The predicted molar refractivity (Wildman–Crippen MR) is 109 cm³/mol. The number of hydrogen-bond acceptors (Lipinski definition) is 8. The van der Waals surface area contributed by atoms with Crippen LogP contribution in [0.5, 0.6) is 0 Å². The van der Waals surface area contributed by atoms with Crippen molar-refractivity contribution in [2.45, 2.75) is 39.3 Å². The molecule has 0 unspecified atom stereocenters. The lowest BCUT2D eigenvalue weighted by Gasteiger charge is -2.10. The zero-order valence-corrected chi connectivity index (χ0v) is 16.6. The molecule has 4 rings (SSSR count). The van der Waals surface area contributed by atoms with Crippen molar-refractivity contribution in [3.8, 4) is 0 Å². The summed E-state index contributed by atoms with van der Waals surface area (Å²) < 4.78 is 7.71. The van der Waals surface area contributed by atoms with E-state index in [2.05, 4.69) is 20.2 Å². The Labute approximate surface area is 174 Å². The third-order valence-electron chi connectivity index (χ3n) is 4.83. The van der Waals surface area contributed by atoms with Gasteiger partial charge >= 0.3 is 5.69 Å². The Bertz CT molecular complexity index is 1350. The molecule has 0 amide bonds. The summed E-state index contributed by atoms with van der Waals surface area (Å²) in [5, 5.41) is 18.4. The number of nitro groups is 1. The van der Waals surface area contributed by atoms with Gasteiger partial charge in [-0.3, -0.25) is 24.0 Å². The van der Waals surface area contributed by atoms with E-state index in [1.165, 1.54) is 27.7 Å². The zero-order valence-electron chi connectivity index (χ0n) is 16.6. The van der Waals surface area contributed by atoms with Crippen LogP contribution in [0.25, 0.3) is 11.2 Å². The van der Waals surface area contributed by atoms with Crippen molar-refractivity contribution in [1.82, 2.24) is 29.3 Å². The smallest absolute Gasteiger partial charge is 0.332 e. The standard InChI is InChI=1S/C19H19N7O5/c1-2-7-25-18(27)16-17(22-14(21-16)10-15-23-20-11-31-15)24(19(25)28)8-6-12-4-3-5-13(9-12)26(29)30/h3-5,9,11H,2,6-8,10H2,1H3,(H,21,22). The van der Waals surface area contributed by atoms with Gasteiger partial charge in [0.2, 0.25) is 12.3 Å². The number of imidazole rings is 1. The Balaban J connectivity index is 1.75. The van der Waals surface area contributed by atoms with Gasteiger partial charge in [-0.05, 0) is 18.4 Å². The fourth-order valence-electron chi connectivity index (χ4n) is 3.40. The zero-order chi connectivity index (χ0) is 22.0. The number of rotatable bonds is 8. The van der Waals surface area contributed by atoms with Crippen molar-refractivity contribution in [2.75, 3.05) is 0 Å². The number of benzene rings is 1. The molecule has 1 aromatic carbocycles. The molecule has 160 valence electrons. The van der Waals surface area contributed by atoms with E-state index in [-0.39, 0.29) is 36.4 Å². The molecule has 0 saturated carbocycles. The number of nitrogens with zero attached hydrogens (tertiary/aromatic N) is 6. The van der Waals surface area contributed by atoms with Crippen LogP contribution in [0.3, 0.4) is 0 Å². The minimum absolute atomic E-state index is 0.0208. The molecule has 12 heteroatoms. The molecule has 0 radical (unpaired) electrons. The summed E-state index contributed by atoms with van der Waals surface area (Å²) in [7, 11) is 0. The molecule has 31 heavy (non-hydrogen) atoms. The molecule has 0 fully saturated rings. The van der Waals surface area contributed by atoms with Gasteiger partial charge in [0.15, 0.2) is 5.65 Å². The highest BCUT2D eigenvalue weighted by Crippen LogP contribution is 2.15. The van der Waals surface area contributed by atoms with Gasteiger partial charge in [-0.15, -0.1) is 10.2 Å². The largest absolute Gasteiger partial charge is 0.428 e. The minimum atomic E-state index is -0.472. The Morgan fingerprint density at radius 2 is 2.06 bits per heavy atom. The lowest BCUT2D eigenvalue weighted by molar-refractivity contribution is -0.384. The van der Waals surface area contributed by atoms with Gasteiger partial charge < -0.3 is 9.40 Å². The number of non-ortho nitro benzene ring substituents is 1. The van der Waals surface area contributed by atoms with Gasteiger partial charge in [0.25, 0.3) is 11.2 Å². The van der Waals surface area contributed by atoms with Crippen LogP contribution in [0.2, 0.25) is 0 Å². The summed E-state index contributed by atoms with van der Waals surface area (Å²) in [6.07, 6.45) is 2.34. The summed E-state index contributed by atoms with van der Waals surface area (Å²) in [6, 6.07) is 6.23. The molecule has 4 aromatic rings. The molecular formula is C19H19N7O5. The van der Waals surface area contributed by atoms with Crippen molar-refractivity contribution < 1.29 is 9.34 Å². The van der Waals surface area contributed by atoms with Gasteiger partial charge in [-0.25, -0.2) is 9.78 Å². The Kier molecular flexibility index (Phi) is 5.43. The molecule has 0 atom stereocenters. The third kappa shape index (κ3) is 3.99. The normalized spacial score (nSPS) is 11.3. The van der Waals surface area contributed by atoms with Crippen molar-refractivity contribution in [2.24, 2.45) is 0 Å². The average molecular weight is 425 g/mol. The highest BCUT2D eigenvalue weighted by molar-refractivity contribution is 5.70. The van der Waals surface area contributed by atoms with Crippen LogP contribution in [0, 0.1) is 10.1 Å². The third-order valence-corrected chi connectivity index (χ3v) is 4.83. The van der Waals surface area contributed by atoms with Crippen molar-refractivity contribution in [1.29, 1.82) is 0 Å². The van der Waals surface area contributed by atoms with E-state index in [1.807, 2.05) is 6.92 Å². The first-order valence-corrected chi connectivity index (χ1v) is 9.68. The van der Waals surface area contributed by atoms with E-state index in [1.54, 1.807) is 12.1 Å². The SMILES string of the molecule is CCCn1c(=O)c2[nH]c(Cc3nnco3)nc2n(CCc2cccc([N+](=O)[O-])c2)c1=O. The number of nitrogens with one attached hydrogen (secondary N) is 1. The Hall–Kier alpha value is -4.09. The molecule has 0 bridgehead atoms. The molecule has 12 nitrogen and oxygen atoms in total. The molecule has 1 N–H and O–H groups in total. The summed E-state index contributed by atoms with van der Waals surface area (Å²) >= 11 is 0. The predicted octanol–water partition coefficient (Wildman–Crippen LogP) is 1.42. The van der Waals surface area contributed by atoms with E-state index < -0.39 is 16.2 Å². The lowest BCUT2D eigenvalue weighted by Crippen LogP contribution is -2.40. The molecule has 0 aliphatic rings. The maximum atomic E-state index is 13.0. The second kappa shape index (κ2) is 8.34.